The highest BCUT2D eigenvalue weighted by Crippen LogP contribution is 2.25. The second kappa shape index (κ2) is 10.3. The van der Waals surface area contributed by atoms with Crippen LogP contribution in [0.5, 0.6) is 11.5 Å². The Morgan fingerprint density at radius 1 is 1.00 bits per heavy atom. The number of hydrazine groups is 1. The second-order valence-corrected chi connectivity index (χ2v) is 6.85. The van der Waals surface area contributed by atoms with Crippen LogP contribution in [0.3, 0.4) is 0 Å². The van der Waals surface area contributed by atoms with Crippen LogP contribution in [0.2, 0.25) is 0 Å². The van der Waals surface area contributed by atoms with E-state index in [-0.39, 0.29) is 12.5 Å². The van der Waals surface area contributed by atoms with E-state index in [4.69, 9.17) is 9.47 Å². The predicted octanol–water partition coefficient (Wildman–Crippen LogP) is 3.50. The Morgan fingerprint density at radius 3 is 2.32 bits per heavy atom. The van der Waals surface area contributed by atoms with Crippen molar-refractivity contribution in [1.82, 2.24) is 10.9 Å². The molecule has 1 unspecified atom stereocenters. The molecule has 150 valence electrons. The van der Waals surface area contributed by atoms with Gasteiger partial charge in [0.15, 0.2) is 12.7 Å². The average Bonchev–Trinajstić information content (AvgIpc) is 2.70. The summed E-state index contributed by atoms with van der Waals surface area (Å²) in [5.41, 5.74) is 6.90. The second-order valence-electron chi connectivity index (χ2n) is 6.85. The summed E-state index contributed by atoms with van der Waals surface area (Å²) in [4.78, 5) is 24.3. The van der Waals surface area contributed by atoms with E-state index >= 15 is 0 Å². The van der Waals surface area contributed by atoms with Crippen LogP contribution in [-0.4, -0.2) is 24.5 Å². The number of carbonyl (C=O) groups excluding carboxylic acids is 2. The lowest BCUT2D eigenvalue weighted by molar-refractivity contribution is -0.134. The molecule has 2 aromatic rings. The van der Waals surface area contributed by atoms with Crippen LogP contribution in [0.4, 0.5) is 0 Å². The largest absolute Gasteiger partial charge is 0.483 e. The lowest BCUT2D eigenvalue weighted by Crippen LogP contribution is -2.49. The molecule has 2 aromatic carbocycles. The van der Waals surface area contributed by atoms with Crippen molar-refractivity contribution in [3.63, 3.8) is 0 Å². The van der Waals surface area contributed by atoms with Crippen LogP contribution in [0.15, 0.2) is 48.5 Å². The molecule has 0 aromatic heterocycles. The first-order valence-corrected chi connectivity index (χ1v) is 9.44. The van der Waals surface area contributed by atoms with E-state index in [2.05, 4.69) is 24.7 Å². The van der Waals surface area contributed by atoms with Crippen molar-refractivity contribution in [2.24, 2.45) is 0 Å². The number of rotatable bonds is 8. The Hall–Kier alpha value is -3.02. The zero-order chi connectivity index (χ0) is 20.5. The lowest BCUT2D eigenvalue weighted by atomic mass is 10.0. The molecule has 6 nitrogen and oxygen atoms in total. The smallest absolute Gasteiger partial charge is 0.279 e. The molecule has 6 heteroatoms. The molecule has 1 atom stereocenters. The summed E-state index contributed by atoms with van der Waals surface area (Å²) in [7, 11) is 0. The fraction of sp³-hybridized carbons (Fsp3) is 0.364. The highest BCUT2D eigenvalue weighted by molar-refractivity contribution is 5.85. The number of hydrogen-bond acceptors (Lipinski definition) is 4. The summed E-state index contributed by atoms with van der Waals surface area (Å²) in [6.45, 7) is 7.74. The van der Waals surface area contributed by atoms with Gasteiger partial charge in [0, 0.05) is 0 Å². The Labute approximate surface area is 166 Å². The van der Waals surface area contributed by atoms with Gasteiger partial charge in [-0.2, -0.15) is 0 Å². The molecule has 2 rings (SSSR count). The molecule has 0 aliphatic rings. The number of para-hydroxylation sites is 1. The van der Waals surface area contributed by atoms with E-state index in [0.717, 1.165) is 11.1 Å². The molecule has 0 fully saturated rings. The monoisotopic (exact) mass is 384 g/mol. The van der Waals surface area contributed by atoms with E-state index in [0.29, 0.717) is 17.9 Å². The normalized spacial score (nSPS) is 11.6. The van der Waals surface area contributed by atoms with Crippen molar-refractivity contribution in [1.29, 1.82) is 0 Å². The Bertz CT molecular complexity index is 787. The lowest BCUT2D eigenvalue weighted by Gasteiger charge is -2.18. The van der Waals surface area contributed by atoms with Crippen LogP contribution in [0, 0.1) is 6.92 Å². The summed E-state index contributed by atoms with van der Waals surface area (Å²) in [6.07, 6.45) is -0.237. The maximum atomic E-state index is 12.3. The molecular formula is C22H28N2O4. The van der Waals surface area contributed by atoms with Gasteiger partial charge in [-0.1, -0.05) is 56.7 Å². The van der Waals surface area contributed by atoms with Crippen LogP contribution in [-0.2, 0) is 9.59 Å². The van der Waals surface area contributed by atoms with Gasteiger partial charge >= 0.3 is 0 Å². The predicted molar refractivity (Wildman–Crippen MR) is 108 cm³/mol. The molecule has 0 bridgehead atoms. The van der Waals surface area contributed by atoms with E-state index < -0.39 is 17.9 Å². The molecule has 28 heavy (non-hydrogen) atoms. The maximum Gasteiger partial charge on any atom is 0.279 e. The molecule has 0 spiro atoms. The van der Waals surface area contributed by atoms with Gasteiger partial charge in [-0.3, -0.25) is 20.4 Å². The summed E-state index contributed by atoms with van der Waals surface area (Å²) in [5, 5.41) is 0. The Kier molecular flexibility index (Phi) is 7.87. The summed E-state index contributed by atoms with van der Waals surface area (Å²) >= 11 is 0. The van der Waals surface area contributed by atoms with Crippen molar-refractivity contribution in [3.8, 4) is 11.5 Å². The zero-order valence-electron chi connectivity index (χ0n) is 16.8. The molecule has 0 saturated carbocycles. The average molecular weight is 384 g/mol. The van der Waals surface area contributed by atoms with Crippen molar-refractivity contribution >= 4 is 11.8 Å². The summed E-state index contributed by atoms with van der Waals surface area (Å²) in [5.74, 6) is 0.681. The van der Waals surface area contributed by atoms with Crippen LogP contribution >= 0.6 is 0 Å². The van der Waals surface area contributed by atoms with Gasteiger partial charge in [-0.15, -0.1) is 0 Å². The zero-order valence-corrected chi connectivity index (χ0v) is 16.8. The van der Waals surface area contributed by atoms with Crippen molar-refractivity contribution < 1.29 is 19.1 Å². The molecule has 0 aliphatic carbocycles. The van der Waals surface area contributed by atoms with E-state index in [1.165, 1.54) is 0 Å². The number of aryl methyl sites for hydroxylation is 1. The number of hydrogen-bond donors (Lipinski definition) is 2. The minimum atomic E-state index is -0.703. The first-order valence-electron chi connectivity index (χ1n) is 9.44. The Balaban J connectivity index is 1.82. The fourth-order valence-corrected chi connectivity index (χ4v) is 2.58. The highest BCUT2D eigenvalue weighted by atomic mass is 16.5. The van der Waals surface area contributed by atoms with Gasteiger partial charge in [0.05, 0.1) is 0 Å². The van der Waals surface area contributed by atoms with Gasteiger partial charge in [0.2, 0.25) is 0 Å². The quantitative estimate of drug-likeness (QED) is 0.683. The molecular weight excluding hydrogens is 356 g/mol. The minimum absolute atomic E-state index is 0.195. The highest BCUT2D eigenvalue weighted by Gasteiger charge is 2.19. The molecule has 0 saturated heterocycles. The molecule has 0 heterocycles. The topological polar surface area (TPSA) is 76.7 Å². The summed E-state index contributed by atoms with van der Waals surface area (Å²) < 4.78 is 11.3. The number of ether oxygens (including phenoxy) is 2. The van der Waals surface area contributed by atoms with E-state index in [9.17, 15) is 9.59 Å². The van der Waals surface area contributed by atoms with Crippen LogP contribution < -0.4 is 20.3 Å². The number of benzene rings is 2. The van der Waals surface area contributed by atoms with Crippen LogP contribution in [0.1, 0.15) is 44.2 Å². The number of nitrogens with one attached hydrogen (secondary N) is 2. The van der Waals surface area contributed by atoms with Crippen molar-refractivity contribution in [2.75, 3.05) is 6.61 Å². The molecule has 2 amide bonds. The standard InChI is InChI=1S/C22H28N2O4/c1-5-19(28-17-12-10-16(4)11-13-17)22(26)24-23-21(25)14-27-20-9-7-6-8-18(20)15(2)3/h6-13,15,19H,5,14H2,1-4H3,(H,23,25)(H,24,26). The van der Waals surface area contributed by atoms with Gasteiger partial charge < -0.3 is 9.47 Å². The van der Waals surface area contributed by atoms with E-state index in [1.807, 2.05) is 62.4 Å². The summed E-state index contributed by atoms with van der Waals surface area (Å²) in [6, 6.07) is 15.0. The third-order valence-electron chi connectivity index (χ3n) is 4.19. The van der Waals surface area contributed by atoms with Gasteiger partial charge in [-0.25, -0.2) is 0 Å². The number of carbonyl (C=O) groups is 2. The van der Waals surface area contributed by atoms with Crippen molar-refractivity contribution in [2.45, 2.75) is 46.1 Å². The van der Waals surface area contributed by atoms with Crippen molar-refractivity contribution in [3.05, 3.63) is 59.7 Å². The third kappa shape index (κ3) is 6.30. The maximum absolute atomic E-state index is 12.3. The first-order chi connectivity index (χ1) is 13.4. The van der Waals surface area contributed by atoms with Gasteiger partial charge in [0.1, 0.15) is 11.5 Å². The molecule has 0 radical (unpaired) electrons. The Morgan fingerprint density at radius 2 is 1.68 bits per heavy atom. The number of amides is 2. The van der Waals surface area contributed by atoms with Gasteiger partial charge in [0.25, 0.3) is 11.8 Å². The third-order valence-corrected chi connectivity index (χ3v) is 4.19. The minimum Gasteiger partial charge on any atom is -0.483 e. The molecule has 2 N–H and O–H groups in total. The molecule has 0 aliphatic heterocycles. The fourth-order valence-electron chi connectivity index (χ4n) is 2.58. The van der Waals surface area contributed by atoms with Crippen LogP contribution in [0.25, 0.3) is 0 Å². The first kappa shape index (κ1) is 21.3. The van der Waals surface area contributed by atoms with E-state index in [1.54, 1.807) is 0 Å². The SMILES string of the molecule is CCC(Oc1ccc(C)cc1)C(=O)NNC(=O)COc1ccccc1C(C)C. The van der Waals surface area contributed by atoms with Gasteiger partial charge in [-0.05, 0) is 43.0 Å².